The summed E-state index contributed by atoms with van der Waals surface area (Å²) in [5, 5.41) is 3.86. The molecule has 1 fully saturated rings. The minimum atomic E-state index is -0.482. The Hall–Kier alpha value is -4.02. The Morgan fingerprint density at radius 2 is 1.47 bits per heavy atom. The van der Waals surface area contributed by atoms with Crippen molar-refractivity contribution in [1.82, 2.24) is 10.3 Å². The number of unbranched alkanes of at least 4 members (excludes halogenated alkanes) is 1. The number of nitrogens with one attached hydrogen (secondary N) is 1. The molecule has 64 heavy (non-hydrogen) atoms. The molecule has 0 amide bonds. The lowest BCUT2D eigenvalue weighted by Gasteiger charge is -2.28. The van der Waals surface area contributed by atoms with Gasteiger partial charge in [-0.3, -0.25) is 4.98 Å². The number of hydrogen-bond donors (Lipinski definition) is 2. The molecule has 0 aliphatic heterocycles. The number of hydrogen-bond acceptors (Lipinski definition) is 3. The Bertz CT molecular complexity index is 1750. The summed E-state index contributed by atoms with van der Waals surface area (Å²) in [6.07, 6.45) is 19.4. The maximum Gasteiger partial charge on any atom is 0.115 e. The molecule has 0 saturated heterocycles. The molecule has 3 N–H and O–H groups in total. The van der Waals surface area contributed by atoms with Crippen LogP contribution in [0, 0.1) is 24.2 Å². The second-order valence-corrected chi connectivity index (χ2v) is 17.9. The van der Waals surface area contributed by atoms with Gasteiger partial charge in [0.1, 0.15) is 6.67 Å². The van der Waals surface area contributed by atoms with Crippen LogP contribution >= 0.6 is 0 Å². The van der Waals surface area contributed by atoms with Crippen LogP contribution in [0.4, 0.5) is 4.39 Å². The van der Waals surface area contributed by atoms with Gasteiger partial charge >= 0.3 is 0 Å². The molecule has 2 aromatic carbocycles. The van der Waals surface area contributed by atoms with Crippen molar-refractivity contribution in [2.24, 2.45) is 23.0 Å². The van der Waals surface area contributed by atoms with Crippen molar-refractivity contribution < 1.29 is 4.39 Å². The number of rotatable bonds is 19. The quantitative estimate of drug-likeness (QED) is 0.0716. The van der Waals surface area contributed by atoms with Gasteiger partial charge in [0.05, 0.1) is 5.69 Å². The van der Waals surface area contributed by atoms with E-state index in [2.05, 4.69) is 143 Å². The Morgan fingerprint density at radius 1 is 0.891 bits per heavy atom. The molecule has 3 aromatic rings. The van der Waals surface area contributed by atoms with Crippen LogP contribution in [0.3, 0.4) is 0 Å². The summed E-state index contributed by atoms with van der Waals surface area (Å²) < 4.78 is 14.5. The number of allylic oxidation sites excluding steroid dienone is 6. The molecule has 4 heteroatoms. The van der Waals surface area contributed by atoms with Crippen molar-refractivity contribution in [3.05, 3.63) is 138 Å². The van der Waals surface area contributed by atoms with Gasteiger partial charge in [-0.1, -0.05) is 183 Å². The van der Waals surface area contributed by atoms with Crippen LogP contribution in [0.1, 0.15) is 201 Å². The van der Waals surface area contributed by atoms with E-state index in [-0.39, 0.29) is 11.5 Å². The fourth-order valence-electron chi connectivity index (χ4n) is 7.82. The second-order valence-electron chi connectivity index (χ2n) is 17.9. The largest absolute Gasteiger partial charge is 0.386 e. The summed E-state index contributed by atoms with van der Waals surface area (Å²) in [6.45, 7) is 47.3. The molecule has 3 nitrogen and oxygen atoms in total. The number of halogens is 1. The van der Waals surface area contributed by atoms with E-state index < -0.39 is 6.67 Å². The van der Waals surface area contributed by atoms with Gasteiger partial charge in [0.15, 0.2) is 0 Å². The molecule has 1 aliphatic rings. The van der Waals surface area contributed by atoms with Gasteiger partial charge < -0.3 is 11.1 Å². The smallest absolute Gasteiger partial charge is 0.115 e. The zero-order valence-electron chi connectivity index (χ0n) is 44.2. The number of benzene rings is 2. The van der Waals surface area contributed by atoms with E-state index in [1.807, 2.05) is 46.9 Å². The molecule has 0 spiro atoms. The molecular weight excluding hydrogens is 782 g/mol. The van der Waals surface area contributed by atoms with E-state index in [4.69, 9.17) is 10.7 Å². The number of aromatic nitrogens is 1. The number of nitrogens with two attached hydrogens (primary N) is 1. The predicted octanol–water partition coefficient (Wildman–Crippen LogP) is 18.4. The minimum Gasteiger partial charge on any atom is -0.386 e. The molecule has 1 aliphatic carbocycles. The summed E-state index contributed by atoms with van der Waals surface area (Å²) in [4.78, 5) is 4.82. The van der Waals surface area contributed by atoms with Gasteiger partial charge in [-0.25, -0.2) is 4.39 Å². The van der Waals surface area contributed by atoms with Crippen molar-refractivity contribution >= 4 is 11.1 Å². The van der Waals surface area contributed by atoms with E-state index in [1.54, 1.807) is 18.2 Å². The average Bonchev–Trinajstić information content (AvgIpc) is 3.85. The van der Waals surface area contributed by atoms with Gasteiger partial charge in [-0.2, -0.15) is 0 Å². The zero-order chi connectivity index (χ0) is 49.3. The van der Waals surface area contributed by atoms with Crippen molar-refractivity contribution in [2.45, 2.75) is 193 Å². The van der Waals surface area contributed by atoms with Crippen LogP contribution in [0.25, 0.3) is 22.3 Å². The number of pyridine rings is 1. The third-order valence-electron chi connectivity index (χ3n) is 11.7. The molecule has 2 atom stereocenters. The van der Waals surface area contributed by atoms with E-state index >= 15 is 0 Å². The maximum absolute atomic E-state index is 14.5. The summed E-state index contributed by atoms with van der Waals surface area (Å²) >= 11 is 0. The van der Waals surface area contributed by atoms with Gasteiger partial charge in [-0.05, 0) is 157 Å². The summed E-state index contributed by atoms with van der Waals surface area (Å²) in [7, 11) is 0. The molecular formula is C60H98FN3. The van der Waals surface area contributed by atoms with Crippen molar-refractivity contribution in [3.63, 3.8) is 0 Å². The highest BCUT2D eigenvalue weighted by Crippen LogP contribution is 2.42. The van der Waals surface area contributed by atoms with Crippen LogP contribution in [-0.2, 0) is 13.1 Å². The summed E-state index contributed by atoms with van der Waals surface area (Å²) in [6, 6.07) is 17.7. The zero-order valence-corrected chi connectivity index (χ0v) is 44.2. The molecule has 1 saturated carbocycles. The molecule has 360 valence electrons. The van der Waals surface area contributed by atoms with Gasteiger partial charge in [0.2, 0.25) is 0 Å². The van der Waals surface area contributed by atoms with Crippen molar-refractivity contribution in [3.8, 4) is 11.1 Å². The van der Waals surface area contributed by atoms with Crippen LogP contribution in [0.2, 0.25) is 0 Å². The first-order valence-corrected chi connectivity index (χ1v) is 25.0. The number of nitrogens with zero attached hydrogens (tertiary/aromatic N) is 1. The second kappa shape index (κ2) is 36.2. The Morgan fingerprint density at radius 3 is 1.98 bits per heavy atom. The monoisotopic (exact) mass is 880 g/mol. The van der Waals surface area contributed by atoms with Gasteiger partial charge in [0.25, 0.3) is 0 Å². The van der Waals surface area contributed by atoms with Crippen LogP contribution in [0.5, 0.6) is 0 Å². The molecule has 0 bridgehead atoms. The Balaban J connectivity index is 0. The highest BCUT2D eigenvalue weighted by molar-refractivity contribution is 5.92. The first-order valence-electron chi connectivity index (χ1n) is 25.0. The highest BCUT2D eigenvalue weighted by atomic mass is 19.1. The third kappa shape index (κ3) is 22.7. The van der Waals surface area contributed by atoms with Crippen LogP contribution in [0.15, 0.2) is 105 Å². The lowest BCUT2D eigenvalue weighted by atomic mass is 9.77. The average molecular weight is 880 g/mol. The first kappa shape index (κ1) is 62.1. The summed E-state index contributed by atoms with van der Waals surface area (Å²) in [5.74, 6) is 1.50. The molecule has 4 rings (SSSR count). The minimum absolute atomic E-state index is 0.131. The fourth-order valence-corrected chi connectivity index (χ4v) is 7.82. The normalized spacial score (nSPS) is 13.2. The van der Waals surface area contributed by atoms with E-state index in [0.29, 0.717) is 18.4 Å². The Kier molecular flexibility index (Phi) is 35.1. The highest BCUT2D eigenvalue weighted by Gasteiger charge is 2.26. The van der Waals surface area contributed by atoms with Gasteiger partial charge in [0, 0.05) is 17.9 Å². The van der Waals surface area contributed by atoms with Crippen molar-refractivity contribution in [1.29, 1.82) is 0 Å². The topological polar surface area (TPSA) is 50.9 Å². The Labute approximate surface area is 396 Å². The van der Waals surface area contributed by atoms with Crippen molar-refractivity contribution in [2.75, 3.05) is 6.54 Å². The van der Waals surface area contributed by atoms with E-state index in [1.165, 1.54) is 65.5 Å². The third-order valence-corrected chi connectivity index (χ3v) is 11.7. The molecule has 1 aromatic heterocycles. The SMILES string of the molecule is C=C(NC(CCCCN)Cc1cc(CF)cc(-c2ccc(C)c(/C(CC(C)(C)CC)=C(\C)c3cccnc3C(C)C)c2)c1)C(C)C1CCCC1.C=CC.C=CC=C.CC.CC.CCC. The standard InChI is InChI=1S/C46H66FN3.C4H6.C3H8.C3H6.2C2H6/c1-10-46(8,9)29-44(34(6)42-19-15-23-49-45(42)31(2)3)43-28-39(21-20-32(43)4)40-25-36(24-37(26-40)30-47)27-41(18-13-14-22-48)50-35(7)33(5)38-16-11-12-17-38;1-3-4-2;2*1-3-2;2*1-2/h15,19-21,23-26,28,31,33,38,41,50H,7,10-14,16-18,22,27,29-30,48H2,1-6,8-9H3;3-4H,1-2H2;3H2,1-2H3;3H,1H2,2H3;2*1-2H3/b44-34+;;;;;. The fraction of sp³-hybridized carbons (Fsp3) is 0.550. The molecule has 0 radical (unpaired) electrons. The van der Waals surface area contributed by atoms with E-state index in [0.717, 1.165) is 72.5 Å². The maximum atomic E-state index is 14.5. The van der Waals surface area contributed by atoms with Gasteiger partial charge in [-0.15, -0.1) is 6.58 Å². The van der Waals surface area contributed by atoms with Crippen LogP contribution in [-0.4, -0.2) is 17.6 Å². The van der Waals surface area contributed by atoms with Crippen LogP contribution < -0.4 is 11.1 Å². The number of aryl methyl sites for hydroxylation is 1. The number of alkyl halides is 1. The lowest BCUT2D eigenvalue weighted by molar-refractivity contribution is 0.362. The summed E-state index contributed by atoms with van der Waals surface area (Å²) in [5.41, 5.74) is 18.8. The van der Waals surface area contributed by atoms with E-state index in [9.17, 15) is 4.39 Å². The predicted molar refractivity (Wildman–Crippen MR) is 290 cm³/mol. The first-order chi connectivity index (χ1) is 30.6. The molecule has 1 heterocycles. The molecule has 2 unspecified atom stereocenters. The lowest BCUT2D eigenvalue weighted by Crippen LogP contribution is -2.34.